The minimum atomic E-state index is -0.238. The molecule has 14 heavy (non-hydrogen) atoms. The third kappa shape index (κ3) is 3.38. The number of carbonyl (C=O) groups is 1. The van der Waals surface area contributed by atoms with Crippen LogP contribution in [0.3, 0.4) is 0 Å². The van der Waals surface area contributed by atoms with Crippen LogP contribution < -0.4 is 0 Å². The third-order valence-corrected chi connectivity index (χ3v) is 1.86. The Morgan fingerprint density at radius 2 is 2.50 bits per heavy atom. The smallest absolute Gasteiger partial charge is 0.306 e. The Labute approximate surface area is 87.2 Å². The molecular formula is C9H12ClNO3. The first kappa shape index (κ1) is 11.0. The maximum absolute atomic E-state index is 11.0. The number of ether oxygens (including phenoxy) is 1. The Balaban J connectivity index is 2.34. The summed E-state index contributed by atoms with van der Waals surface area (Å²) in [6.07, 6.45) is 2.24. The molecule has 0 N–H and O–H groups in total. The summed E-state index contributed by atoms with van der Waals surface area (Å²) >= 11 is 5.54. The fourth-order valence-electron chi connectivity index (χ4n) is 0.967. The molecule has 0 amide bonds. The highest BCUT2D eigenvalue weighted by Gasteiger charge is 2.07. The topological polar surface area (TPSA) is 52.3 Å². The first-order chi connectivity index (χ1) is 6.76. The summed E-state index contributed by atoms with van der Waals surface area (Å²) in [4.78, 5) is 15.0. The van der Waals surface area contributed by atoms with Crippen LogP contribution in [-0.2, 0) is 21.8 Å². The summed E-state index contributed by atoms with van der Waals surface area (Å²) in [5.41, 5.74) is 0.686. The molecule has 0 saturated heterocycles. The number of alkyl halides is 1. The van der Waals surface area contributed by atoms with Crippen LogP contribution in [0.4, 0.5) is 0 Å². The molecule has 78 valence electrons. The standard InChI is InChI=1S/C9H12ClNO3/c1-2-13-9(12)4-3-8-11-7(5-10)6-14-8/h6H,2-5H2,1H3. The van der Waals surface area contributed by atoms with E-state index in [9.17, 15) is 4.79 Å². The van der Waals surface area contributed by atoms with Crippen molar-refractivity contribution in [1.82, 2.24) is 4.98 Å². The number of nitrogens with zero attached hydrogens (tertiary/aromatic N) is 1. The van der Waals surface area contributed by atoms with Gasteiger partial charge in [-0.2, -0.15) is 0 Å². The first-order valence-corrected chi connectivity index (χ1v) is 4.94. The van der Waals surface area contributed by atoms with E-state index in [-0.39, 0.29) is 12.4 Å². The first-order valence-electron chi connectivity index (χ1n) is 4.41. The van der Waals surface area contributed by atoms with Crippen molar-refractivity contribution in [1.29, 1.82) is 0 Å². The summed E-state index contributed by atoms with van der Waals surface area (Å²) < 4.78 is 9.84. The average molecular weight is 218 g/mol. The zero-order valence-electron chi connectivity index (χ0n) is 7.96. The van der Waals surface area contributed by atoms with Crippen LogP contribution in [0, 0.1) is 0 Å². The number of oxazole rings is 1. The van der Waals surface area contributed by atoms with E-state index in [2.05, 4.69) is 4.98 Å². The van der Waals surface area contributed by atoms with Gasteiger partial charge in [0.15, 0.2) is 5.89 Å². The zero-order chi connectivity index (χ0) is 10.4. The van der Waals surface area contributed by atoms with E-state index < -0.39 is 0 Å². The van der Waals surface area contributed by atoms with E-state index in [1.807, 2.05) is 0 Å². The second kappa shape index (κ2) is 5.65. The lowest BCUT2D eigenvalue weighted by atomic mass is 10.3. The molecule has 0 saturated carbocycles. The van der Waals surface area contributed by atoms with E-state index in [1.165, 1.54) is 6.26 Å². The molecule has 0 aliphatic carbocycles. The molecule has 1 rings (SSSR count). The van der Waals surface area contributed by atoms with Crippen molar-refractivity contribution >= 4 is 17.6 Å². The lowest BCUT2D eigenvalue weighted by Gasteiger charge is -1.98. The Morgan fingerprint density at radius 1 is 1.71 bits per heavy atom. The molecule has 0 bridgehead atoms. The summed E-state index contributed by atoms with van der Waals surface area (Å²) in [5, 5.41) is 0. The van der Waals surface area contributed by atoms with Crippen LogP contribution in [0.1, 0.15) is 24.9 Å². The molecule has 1 aromatic heterocycles. The maximum Gasteiger partial charge on any atom is 0.306 e. The van der Waals surface area contributed by atoms with Gasteiger partial charge < -0.3 is 9.15 Å². The van der Waals surface area contributed by atoms with Crippen molar-refractivity contribution in [2.24, 2.45) is 0 Å². The van der Waals surface area contributed by atoms with Crippen LogP contribution in [0.2, 0.25) is 0 Å². The Morgan fingerprint density at radius 3 is 3.07 bits per heavy atom. The van der Waals surface area contributed by atoms with Crippen LogP contribution in [0.5, 0.6) is 0 Å². The zero-order valence-corrected chi connectivity index (χ0v) is 8.71. The molecular weight excluding hydrogens is 206 g/mol. The van der Waals surface area contributed by atoms with Gasteiger partial charge in [0.05, 0.1) is 24.6 Å². The van der Waals surface area contributed by atoms with Gasteiger partial charge in [0, 0.05) is 6.42 Å². The van der Waals surface area contributed by atoms with E-state index in [0.717, 1.165) is 0 Å². The minimum Gasteiger partial charge on any atom is -0.466 e. The number of hydrogen-bond donors (Lipinski definition) is 0. The summed E-state index contributed by atoms with van der Waals surface area (Å²) in [6.45, 7) is 2.17. The second-order valence-electron chi connectivity index (χ2n) is 2.67. The Hall–Kier alpha value is -1.03. The number of carbonyl (C=O) groups excluding carboxylic acids is 1. The Bertz CT molecular complexity index is 298. The third-order valence-electron chi connectivity index (χ3n) is 1.58. The second-order valence-corrected chi connectivity index (χ2v) is 2.94. The number of aryl methyl sites for hydroxylation is 1. The lowest BCUT2D eigenvalue weighted by Crippen LogP contribution is -2.05. The van der Waals surface area contributed by atoms with Gasteiger partial charge in [-0.15, -0.1) is 11.6 Å². The summed E-state index contributed by atoms with van der Waals surface area (Å²) in [5.74, 6) is 0.606. The number of esters is 1. The maximum atomic E-state index is 11.0. The molecule has 0 unspecified atom stereocenters. The highest BCUT2D eigenvalue weighted by molar-refractivity contribution is 6.16. The largest absolute Gasteiger partial charge is 0.466 e. The molecule has 0 atom stereocenters. The van der Waals surface area contributed by atoms with Crippen molar-refractivity contribution in [2.75, 3.05) is 6.61 Å². The molecule has 1 heterocycles. The van der Waals surface area contributed by atoms with E-state index >= 15 is 0 Å². The summed E-state index contributed by atoms with van der Waals surface area (Å²) in [7, 11) is 0. The van der Waals surface area contributed by atoms with Crippen LogP contribution in [-0.4, -0.2) is 17.6 Å². The van der Waals surface area contributed by atoms with Crippen LogP contribution in [0.25, 0.3) is 0 Å². The fourth-order valence-corrected chi connectivity index (χ4v) is 1.09. The number of hydrogen-bond acceptors (Lipinski definition) is 4. The van der Waals surface area contributed by atoms with Gasteiger partial charge in [-0.25, -0.2) is 4.98 Å². The quantitative estimate of drug-likeness (QED) is 0.559. The fraction of sp³-hybridized carbons (Fsp3) is 0.556. The van der Waals surface area contributed by atoms with Gasteiger partial charge in [-0.1, -0.05) is 0 Å². The molecule has 0 spiro atoms. The van der Waals surface area contributed by atoms with Gasteiger partial charge in [0.2, 0.25) is 0 Å². The molecule has 5 heteroatoms. The highest BCUT2D eigenvalue weighted by atomic mass is 35.5. The molecule has 0 radical (unpaired) electrons. The van der Waals surface area contributed by atoms with E-state index in [1.54, 1.807) is 6.92 Å². The van der Waals surface area contributed by atoms with Gasteiger partial charge in [0.1, 0.15) is 6.26 Å². The van der Waals surface area contributed by atoms with Crippen molar-refractivity contribution in [3.05, 3.63) is 17.8 Å². The summed E-state index contributed by atoms with van der Waals surface area (Å²) in [6, 6.07) is 0. The predicted molar refractivity (Wildman–Crippen MR) is 51.0 cm³/mol. The monoisotopic (exact) mass is 217 g/mol. The molecule has 0 aliphatic heterocycles. The number of rotatable bonds is 5. The minimum absolute atomic E-state index is 0.238. The average Bonchev–Trinajstić information content (AvgIpc) is 2.63. The van der Waals surface area contributed by atoms with Crippen molar-refractivity contribution in [2.45, 2.75) is 25.6 Å². The van der Waals surface area contributed by atoms with Crippen LogP contribution in [0.15, 0.2) is 10.7 Å². The Kier molecular flexibility index (Phi) is 4.46. The lowest BCUT2D eigenvalue weighted by molar-refractivity contribution is -0.143. The van der Waals surface area contributed by atoms with E-state index in [0.29, 0.717) is 30.5 Å². The molecule has 0 aliphatic rings. The molecule has 0 aromatic carbocycles. The molecule has 1 aromatic rings. The van der Waals surface area contributed by atoms with Gasteiger partial charge in [-0.05, 0) is 6.92 Å². The number of halogens is 1. The normalized spacial score (nSPS) is 10.1. The molecule has 0 fully saturated rings. The van der Waals surface area contributed by atoms with Gasteiger partial charge in [-0.3, -0.25) is 4.79 Å². The van der Waals surface area contributed by atoms with Gasteiger partial charge in [0.25, 0.3) is 0 Å². The van der Waals surface area contributed by atoms with Crippen molar-refractivity contribution in [3.63, 3.8) is 0 Å². The van der Waals surface area contributed by atoms with E-state index in [4.69, 9.17) is 20.8 Å². The van der Waals surface area contributed by atoms with Gasteiger partial charge >= 0.3 is 5.97 Å². The predicted octanol–water partition coefficient (Wildman–Crippen LogP) is 1.91. The van der Waals surface area contributed by atoms with Crippen molar-refractivity contribution < 1.29 is 13.9 Å². The number of aromatic nitrogens is 1. The molecule has 4 nitrogen and oxygen atoms in total. The highest BCUT2D eigenvalue weighted by Crippen LogP contribution is 2.07. The van der Waals surface area contributed by atoms with Crippen LogP contribution >= 0.6 is 11.6 Å². The SMILES string of the molecule is CCOC(=O)CCc1nc(CCl)co1. The van der Waals surface area contributed by atoms with Crippen molar-refractivity contribution in [3.8, 4) is 0 Å².